The highest BCUT2D eigenvalue weighted by atomic mass is 32.1. The maximum atomic E-state index is 7.65. The minimum Gasteiger partial charge on any atom is -0.456 e. The van der Waals surface area contributed by atoms with Gasteiger partial charge in [-0.2, -0.15) is 0 Å². The van der Waals surface area contributed by atoms with E-state index in [0.29, 0.717) is 11.4 Å². The summed E-state index contributed by atoms with van der Waals surface area (Å²) in [6, 6.07) is 46.3. The zero-order chi connectivity index (χ0) is 33.1. The van der Waals surface area contributed by atoms with E-state index in [-0.39, 0.29) is 0 Å². The number of thiophene rings is 1. The molecule has 7 aromatic carbocycles. The van der Waals surface area contributed by atoms with Crippen molar-refractivity contribution in [3.05, 3.63) is 156 Å². The molecule has 0 saturated carbocycles. The largest absolute Gasteiger partial charge is 0.456 e. The summed E-state index contributed by atoms with van der Waals surface area (Å²) in [7, 11) is 0. The van der Waals surface area contributed by atoms with Crippen molar-refractivity contribution in [1.29, 1.82) is 0 Å². The molecule has 11 aromatic rings. The lowest BCUT2D eigenvalue weighted by molar-refractivity contribution is 0.669. The van der Waals surface area contributed by atoms with Crippen molar-refractivity contribution < 1.29 is 4.42 Å². The minimum absolute atomic E-state index is 0.635. The Balaban J connectivity index is 1.17. The van der Waals surface area contributed by atoms with Gasteiger partial charge in [0.15, 0.2) is 11.4 Å². The lowest BCUT2D eigenvalue weighted by Crippen LogP contribution is -1.94. The molecule has 50 heavy (non-hydrogen) atoms. The highest BCUT2D eigenvalue weighted by molar-refractivity contribution is 7.26. The number of nitrogens with zero attached hydrogens (tertiary/aromatic N) is 4. The number of aromatic nitrogens is 2. The SMILES string of the molecule is [C-]#[N+]c1ccc2sc3ccc4c(c5ccccc5n4-c4ccc5oc6ccc(-n7c8ccccc8c8cc([N+]#[C-])ccc87)cc6c5c4)c3c2c1. The number of hydrogen-bond acceptors (Lipinski definition) is 2. The van der Waals surface area contributed by atoms with Crippen LogP contribution in [0.2, 0.25) is 0 Å². The fourth-order valence-electron chi connectivity index (χ4n) is 8.00. The molecule has 0 aliphatic rings. The van der Waals surface area contributed by atoms with Gasteiger partial charge in [-0.1, -0.05) is 54.6 Å². The number of para-hydroxylation sites is 2. The first-order chi connectivity index (χ1) is 24.7. The van der Waals surface area contributed by atoms with Crippen LogP contribution in [0.1, 0.15) is 0 Å². The molecule has 230 valence electrons. The van der Waals surface area contributed by atoms with Gasteiger partial charge in [-0.3, -0.25) is 0 Å². The first kappa shape index (κ1) is 27.1. The van der Waals surface area contributed by atoms with Crippen molar-refractivity contribution in [2.45, 2.75) is 0 Å². The van der Waals surface area contributed by atoms with Crippen LogP contribution in [0.15, 0.2) is 138 Å². The molecular formula is C44H22N4OS. The van der Waals surface area contributed by atoms with E-state index in [2.05, 4.69) is 128 Å². The second-order valence-electron chi connectivity index (χ2n) is 12.7. The molecular weight excluding hydrogens is 633 g/mol. The van der Waals surface area contributed by atoms with E-state index in [1.807, 2.05) is 24.3 Å². The Morgan fingerprint density at radius 2 is 1.00 bits per heavy atom. The van der Waals surface area contributed by atoms with Crippen LogP contribution < -0.4 is 0 Å². The highest BCUT2D eigenvalue weighted by Crippen LogP contribution is 2.45. The Kier molecular flexibility index (Phi) is 5.34. The molecule has 0 N–H and O–H groups in total. The smallest absolute Gasteiger partial charge is 0.188 e. The van der Waals surface area contributed by atoms with Crippen molar-refractivity contribution in [3.8, 4) is 11.4 Å². The van der Waals surface area contributed by atoms with Crippen LogP contribution in [0, 0.1) is 13.1 Å². The van der Waals surface area contributed by atoms with Gasteiger partial charge >= 0.3 is 0 Å². The van der Waals surface area contributed by atoms with Gasteiger partial charge in [-0.15, -0.1) is 11.3 Å². The summed E-state index contributed by atoms with van der Waals surface area (Å²) in [4.78, 5) is 7.43. The van der Waals surface area contributed by atoms with Crippen molar-refractivity contribution in [3.63, 3.8) is 0 Å². The van der Waals surface area contributed by atoms with E-state index >= 15 is 0 Å². The monoisotopic (exact) mass is 654 g/mol. The highest BCUT2D eigenvalue weighted by Gasteiger charge is 2.20. The van der Waals surface area contributed by atoms with E-state index in [1.165, 1.54) is 25.6 Å². The van der Waals surface area contributed by atoms with Gasteiger partial charge in [0.2, 0.25) is 0 Å². The summed E-state index contributed by atoms with van der Waals surface area (Å²) in [5.74, 6) is 0. The van der Waals surface area contributed by atoms with Crippen LogP contribution in [0.25, 0.3) is 107 Å². The summed E-state index contributed by atoms with van der Waals surface area (Å²) in [5, 5.41) is 9.01. The second kappa shape index (κ2) is 9.84. The molecule has 4 heterocycles. The molecule has 0 spiro atoms. The number of furan rings is 1. The third-order valence-corrected chi connectivity index (χ3v) is 11.3. The fraction of sp³-hybridized carbons (Fsp3) is 0. The predicted octanol–water partition coefficient (Wildman–Crippen LogP) is 13.2. The Bertz CT molecular complexity index is 3360. The molecule has 5 nitrogen and oxygen atoms in total. The van der Waals surface area contributed by atoms with Gasteiger partial charge in [-0.05, 0) is 89.6 Å². The Morgan fingerprint density at radius 3 is 1.72 bits per heavy atom. The third kappa shape index (κ3) is 3.58. The lowest BCUT2D eigenvalue weighted by Gasteiger charge is -2.09. The Hall–Kier alpha value is -6.86. The summed E-state index contributed by atoms with van der Waals surface area (Å²) in [6.07, 6.45) is 0. The van der Waals surface area contributed by atoms with E-state index < -0.39 is 0 Å². The summed E-state index contributed by atoms with van der Waals surface area (Å²) in [5.41, 5.74) is 9.47. The third-order valence-electron chi connectivity index (χ3n) is 10.1. The Labute approximate surface area is 288 Å². The lowest BCUT2D eigenvalue weighted by atomic mass is 10.1. The van der Waals surface area contributed by atoms with Crippen molar-refractivity contribution in [1.82, 2.24) is 9.13 Å². The average Bonchev–Trinajstić information content (AvgIpc) is 3.91. The molecule has 11 rings (SSSR count). The van der Waals surface area contributed by atoms with Gasteiger partial charge in [0.25, 0.3) is 0 Å². The average molecular weight is 655 g/mol. The number of rotatable bonds is 2. The van der Waals surface area contributed by atoms with Gasteiger partial charge in [0.05, 0.1) is 35.2 Å². The molecule has 0 radical (unpaired) electrons. The van der Waals surface area contributed by atoms with Gasteiger partial charge in [0.1, 0.15) is 11.2 Å². The standard InChI is InChI=1S/C44H22N4OS/c1-45-25-11-15-37-31(21-25)29-7-3-5-9-35(29)47(37)27-13-17-39-32(23-27)33-24-28(14-18-40(33)49-39)48-36-10-6-4-8-30(36)43-38(48)16-20-42-44(43)34-22-26(46-2)12-19-41(34)50-42/h3-24H. The van der Waals surface area contributed by atoms with Crippen LogP contribution in [-0.4, -0.2) is 9.13 Å². The van der Waals surface area contributed by atoms with Crippen LogP contribution >= 0.6 is 11.3 Å². The van der Waals surface area contributed by atoms with Crippen molar-refractivity contribution in [2.24, 2.45) is 0 Å². The minimum atomic E-state index is 0.635. The quantitative estimate of drug-likeness (QED) is 0.171. The molecule has 0 fully saturated rings. The molecule has 6 heteroatoms. The topological polar surface area (TPSA) is 31.7 Å². The summed E-state index contributed by atoms with van der Waals surface area (Å²) >= 11 is 1.78. The van der Waals surface area contributed by atoms with Gasteiger partial charge in [0, 0.05) is 53.1 Å². The maximum Gasteiger partial charge on any atom is 0.188 e. The van der Waals surface area contributed by atoms with E-state index in [9.17, 15) is 0 Å². The zero-order valence-corrected chi connectivity index (χ0v) is 27.1. The number of fused-ring (bicyclic) bond motifs is 13. The first-order valence-corrected chi connectivity index (χ1v) is 17.1. The maximum absolute atomic E-state index is 7.65. The van der Waals surface area contributed by atoms with Gasteiger partial charge < -0.3 is 13.6 Å². The summed E-state index contributed by atoms with van der Waals surface area (Å²) in [6.45, 7) is 15.2. The first-order valence-electron chi connectivity index (χ1n) is 16.3. The van der Waals surface area contributed by atoms with Crippen LogP contribution in [0.4, 0.5) is 11.4 Å². The molecule has 0 aliphatic heterocycles. The van der Waals surface area contributed by atoms with Crippen molar-refractivity contribution in [2.75, 3.05) is 0 Å². The molecule has 0 amide bonds. The Morgan fingerprint density at radius 1 is 0.440 bits per heavy atom. The number of benzene rings is 7. The van der Waals surface area contributed by atoms with Crippen molar-refractivity contribution >= 4 is 108 Å². The molecule has 0 unspecified atom stereocenters. The predicted molar refractivity (Wildman–Crippen MR) is 208 cm³/mol. The molecule has 0 atom stereocenters. The zero-order valence-electron chi connectivity index (χ0n) is 26.3. The van der Waals surface area contributed by atoms with E-state index in [0.717, 1.165) is 71.5 Å². The fourth-order valence-corrected chi connectivity index (χ4v) is 9.10. The van der Waals surface area contributed by atoms with Gasteiger partial charge in [-0.25, -0.2) is 9.69 Å². The van der Waals surface area contributed by atoms with Crippen LogP contribution in [0.3, 0.4) is 0 Å². The van der Waals surface area contributed by atoms with E-state index in [1.54, 1.807) is 11.3 Å². The normalized spacial score (nSPS) is 12.0. The molecule has 4 aromatic heterocycles. The van der Waals surface area contributed by atoms with E-state index in [4.69, 9.17) is 17.6 Å². The molecule has 0 bridgehead atoms. The summed E-state index contributed by atoms with van der Waals surface area (Å²) < 4.78 is 13.5. The number of hydrogen-bond donors (Lipinski definition) is 0. The second-order valence-corrected chi connectivity index (χ2v) is 13.8. The molecule has 0 aliphatic carbocycles. The molecule has 0 saturated heterocycles. The van der Waals surface area contributed by atoms with Crippen LogP contribution in [-0.2, 0) is 0 Å². The van der Waals surface area contributed by atoms with Crippen LogP contribution in [0.5, 0.6) is 0 Å².